The zero-order valence-corrected chi connectivity index (χ0v) is 17.8. The van der Waals surface area contributed by atoms with Crippen LogP contribution < -0.4 is 0 Å². The summed E-state index contributed by atoms with van der Waals surface area (Å²) in [5.74, 6) is -1.33. The van der Waals surface area contributed by atoms with Gasteiger partial charge in [0, 0.05) is 12.8 Å². The Morgan fingerprint density at radius 3 is 1.07 bits per heavy atom. The van der Waals surface area contributed by atoms with E-state index in [-0.39, 0.29) is 0 Å². The number of aliphatic hydroxyl groups is 2. The van der Waals surface area contributed by atoms with Crippen molar-refractivity contribution in [1.29, 1.82) is 0 Å². The minimum Gasteiger partial charge on any atom is -0.481 e. The fourth-order valence-electron chi connectivity index (χ4n) is 2.11. The molecule has 27 heavy (non-hydrogen) atoms. The van der Waals surface area contributed by atoms with E-state index in [1.165, 1.54) is 51.4 Å². The van der Waals surface area contributed by atoms with Gasteiger partial charge in [-0.05, 0) is 19.3 Å². The second-order valence-electron chi connectivity index (χ2n) is 6.71. The SMILES string of the molecule is CCC(O)O.CCCCCCCC(=O)O.CCCCCCCCCC(=O)O. The molecule has 6 nitrogen and oxygen atoms in total. The first-order chi connectivity index (χ1) is 12.8. The van der Waals surface area contributed by atoms with Crippen LogP contribution in [0.15, 0.2) is 0 Å². The number of carboxylic acids is 2. The van der Waals surface area contributed by atoms with Gasteiger partial charge in [-0.2, -0.15) is 0 Å². The van der Waals surface area contributed by atoms with Crippen molar-refractivity contribution in [3.05, 3.63) is 0 Å². The number of unbranched alkanes of at least 4 members (excludes halogenated alkanes) is 10. The summed E-state index contributed by atoms with van der Waals surface area (Å²) in [4.78, 5) is 20.2. The highest BCUT2D eigenvalue weighted by atomic mass is 16.5. The van der Waals surface area contributed by atoms with Crippen molar-refractivity contribution in [2.24, 2.45) is 0 Å². The predicted molar refractivity (Wildman–Crippen MR) is 110 cm³/mol. The van der Waals surface area contributed by atoms with Crippen LogP contribution in [0.25, 0.3) is 0 Å². The molecule has 0 saturated carbocycles. The van der Waals surface area contributed by atoms with E-state index in [9.17, 15) is 9.59 Å². The Kier molecular flexibility index (Phi) is 30.7. The molecule has 0 aromatic rings. The number of aliphatic carboxylic acids is 2. The Morgan fingerprint density at radius 1 is 0.593 bits per heavy atom. The van der Waals surface area contributed by atoms with E-state index in [0.29, 0.717) is 19.3 Å². The summed E-state index contributed by atoms with van der Waals surface area (Å²) >= 11 is 0. The quantitative estimate of drug-likeness (QED) is 0.220. The van der Waals surface area contributed by atoms with Gasteiger partial charge in [0.1, 0.15) is 0 Å². The van der Waals surface area contributed by atoms with Gasteiger partial charge in [-0.1, -0.05) is 85.0 Å². The predicted octanol–water partition coefficient (Wildman–Crippen LogP) is 5.35. The van der Waals surface area contributed by atoms with Gasteiger partial charge in [-0.25, -0.2) is 0 Å². The molecule has 0 saturated heterocycles. The first-order valence-electron chi connectivity index (χ1n) is 10.6. The van der Waals surface area contributed by atoms with E-state index in [2.05, 4.69) is 13.8 Å². The van der Waals surface area contributed by atoms with Crippen LogP contribution in [0.1, 0.15) is 117 Å². The summed E-state index contributed by atoms with van der Waals surface area (Å²) in [5.41, 5.74) is 0. The van der Waals surface area contributed by atoms with Crippen molar-refractivity contribution in [3.63, 3.8) is 0 Å². The van der Waals surface area contributed by atoms with E-state index >= 15 is 0 Å². The monoisotopic (exact) mass is 392 g/mol. The van der Waals surface area contributed by atoms with Gasteiger partial charge in [0.2, 0.25) is 0 Å². The fourth-order valence-corrected chi connectivity index (χ4v) is 2.11. The van der Waals surface area contributed by atoms with Crippen LogP contribution >= 0.6 is 0 Å². The van der Waals surface area contributed by atoms with Crippen LogP contribution in [-0.4, -0.2) is 38.7 Å². The Labute approximate surface area is 166 Å². The van der Waals surface area contributed by atoms with Gasteiger partial charge < -0.3 is 20.4 Å². The number of hydrogen-bond donors (Lipinski definition) is 4. The molecule has 0 aliphatic rings. The van der Waals surface area contributed by atoms with Crippen LogP contribution in [0.3, 0.4) is 0 Å². The standard InChI is InChI=1S/C10H20O2.C8H16O2.C3H8O2/c1-2-3-4-5-6-7-8-9-10(11)12;1-2-3-4-5-6-7-8(9)10;1-2-3(4)5/h2-9H2,1H3,(H,11,12);2-7H2,1H3,(H,9,10);3-5H,2H2,1H3. The third kappa shape index (κ3) is 45.7. The lowest BCUT2D eigenvalue weighted by molar-refractivity contribution is -0.138. The summed E-state index contributed by atoms with van der Waals surface area (Å²) in [6, 6.07) is 0. The molecule has 0 unspecified atom stereocenters. The summed E-state index contributed by atoms with van der Waals surface area (Å²) in [5, 5.41) is 32.5. The van der Waals surface area contributed by atoms with Gasteiger partial charge in [-0.3, -0.25) is 9.59 Å². The lowest BCUT2D eigenvalue weighted by atomic mass is 10.1. The highest BCUT2D eigenvalue weighted by Crippen LogP contribution is 2.08. The summed E-state index contributed by atoms with van der Waals surface area (Å²) in [6.07, 6.45) is 13.8. The Bertz CT molecular complexity index is 305. The largest absolute Gasteiger partial charge is 0.481 e. The van der Waals surface area contributed by atoms with E-state index in [0.717, 1.165) is 25.7 Å². The summed E-state index contributed by atoms with van der Waals surface area (Å²) in [7, 11) is 0. The molecule has 164 valence electrons. The van der Waals surface area contributed by atoms with Crippen molar-refractivity contribution >= 4 is 11.9 Å². The number of carboxylic acid groups (broad SMARTS) is 2. The molecule has 0 rings (SSSR count). The lowest BCUT2D eigenvalue weighted by Gasteiger charge is -1.98. The first kappa shape index (κ1) is 30.6. The smallest absolute Gasteiger partial charge is 0.303 e. The van der Waals surface area contributed by atoms with Gasteiger partial charge in [0.05, 0.1) is 0 Å². The van der Waals surface area contributed by atoms with Crippen molar-refractivity contribution < 1.29 is 30.0 Å². The topological polar surface area (TPSA) is 115 Å². The van der Waals surface area contributed by atoms with E-state index in [4.69, 9.17) is 20.4 Å². The van der Waals surface area contributed by atoms with Crippen molar-refractivity contribution in [2.45, 2.75) is 123 Å². The van der Waals surface area contributed by atoms with E-state index < -0.39 is 18.2 Å². The molecule has 4 N–H and O–H groups in total. The zero-order chi connectivity index (χ0) is 21.3. The lowest BCUT2D eigenvalue weighted by Crippen LogP contribution is -1.99. The summed E-state index contributed by atoms with van der Waals surface area (Å²) in [6.45, 7) is 6.05. The maximum absolute atomic E-state index is 10.1. The zero-order valence-electron chi connectivity index (χ0n) is 17.8. The molecule has 0 aliphatic carbocycles. The third-order valence-corrected chi connectivity index (χ3v) is 3.85. The Hall–Kier alpha value is -1.14. The van der Waals surface area contributed by atoms with Crippen LogP contribution in [-0.2, 0) is 9.59 Å². The number of hydrogen-bond acceptors (Lipinski definition) is 4. The van der Waals surface area contributed by atoms with Gasteiger partial charge in [-0.15, -0.1) is 0 Å². The Balaban J connectivity index is -0.000000347. The first-order valence-corrected chi connectivity index (χ1v) is 10.6. The molecule has 0 amide bonds. The molecule has 0 heterocycles. The molecule has 0 aromatic heterocycles. The third-order valence-electron chi connectivity index (χ3n) is 3.85. The molecule has 0 aliphatic heterocycles. The minimum absolute atomic E-state index is 0.337. The number of aliphatic hydroxyl groups excluding tert-OH is 1. The average Bonchev–Trinajstić information content (AvgIpc) is 2.61. The molecule has 6 heteroatoms. The molecule has 0 aromatic carbocycles. The molecule has 0 spiro atoms. The highest BCUT2D eigenvalue weighted by Gasteiger charge is 1.96. The van der Waals surface area contributed by atoms with Crippen LogP contribution in [0, 0.1) is 0 Å². The number of rotatable bonds is 15. The van der Waals surface area contributed by atoms with E-state index in [1.807, 2.05) is 0 Å². The van der Waals surface area contributed by atoms with Gasteiger partial charge >= 0.3 is 11.9 Å². The molecule has 0 atom stereocenters. The van der Waals surface area contributed by atoms with Crippen molar-refractivity contribution in [2.75, 3.05) is 0 Å². The molecular weight excluding hydrogens is 348 g/mol. The maximum Gasteiger partial charge on any atom is 0.303 e. The minimum atomic E-state index is -1.12. The van der Waals surface area contributed by atoms with Gasteiger partial charge in [0.25, 0.3) is 0 Å². The van der Waals surface area contributed by atoms with Crippen LogP contribution in [0.2, 0.25) is 0 Å². The molecular formula is C21H44O6. The van der Waals surface area contributed by atoms with Crippen molar-refractivity contribution in [1.82, 2.24) is 0 Å². The average molecular weight is 393 g/mol. The van der Waals surface area contributed by atoms with E-state index in [1.54, 1.807) is 6.92 Å². The van der Waals surface area contributed by atoms with Gasteiger partial charge in [0.15, 0.2) is 6.29 Å². The second-order valence-corrected chi connectivity index (χ2v) is 6.71. The summed E-state index contributed by atoms with van der Waals surface area (Å²) < 4.78 is 0. The maximum atomic E-state index is 10.1. The molecule has 0 radical (unpaired) electrons. The molecule has 0 bridgehead atoms. The fraction of sp³-hybridized carbons (Fsp3) is 0.905. The van der Waals surface area contributed by atoms with Crippen molar-refractivity contribution in [3.8, 4) is 0 Å². The normalized spacial score (nSPS) is 9.85. The van der Waals surface area contributed by atoms with Crippen LogP contribution in [0.5, 0.6) is 0 Å². The number of carbonyl (C=O) groups is 2. The second kappa shape index (κ2) is 27.1. The highest BCUT2D eigenvalue weighted by molar-refractivity contribution is 5.66. The van der Waals surface area contributed by atoms with Crippen LogP contribution in [0.4, 0.5) is 0 Å². The molecule has 0 fully saturated rings. The Morgan fingerprint density at radius 2 is 0.852 bits per heavy atom.